The molecule has 2 aromatic rings. The fourth-order valence-electron chi connectivity index (χ4n) is 2.55. The lowest BCUT2D eigenvalue weighted by Gasteiger charge is -2.19. The predicted octanol–water partition coefficient (Wildman–Crippen LogP) is 2.93. The smallest absolute Gasteiger partial charge is 0.247 e. The molecule has 1 aliphatic rings. The topological polar surface area (TPSA) is 42.2 Å². The Morgan fingerprint density at radius 2 is 2.00 bits per heavy atom. The van der Waals surface area contributed by atoms with Gasteiger partial charge >= 0.3 is 0 Å². The van der Waals surface area contributed by atoms with Crippen LogP contribution in [0, 0.1) is 0 Å². The molecule has 1 saturated heterocycles. The Labute approximate surface area is 113 Å². The van der Waals surface area contributed by atoms with E-state index in [2.05, 4.69) is 28.9 Å². The van der Waals surface area contributed by atoms with Gasteiger partial charge in [0.15, 0.2) is 0 Å². The zero-order valence-corrected chi connectivity index (χ0v) is 11.4. The van der Waals surface area contributed by atoms with Gasteiger partial charge in [0, 0.05) is 18.2 Å². The highest BCUT2D eigenvalue weighted by atomic mass is 16.4. The van der Waals surface area contributed by atoms with Crippen LogP contribution in [-0.4, -0.2) is 34.2 Å². The highest BCUT2D eigenvalue weighted by molar-refractivity contribution is 5.51. The van der Waals surface area contributed by atoms with Gasteiger partial charge in [-0.05, 0) is 38.9 Å². The second kappa shape index (κ2) is 5.13. The van der Waals surface area contributed by atoms with Crippen molar-refractivity contribution >= 4 is 0 Å². The number of nitrogens with zero attached hydrogens (tertiary/aromatic N) is 3. The van der Waals surface area contributed by atoms with E-state index in [0.29, 0.717) is 17.9 Å². The van der Waals surface area contributed by atoms with E-state index in [4.69, 9.17) is 4.42 Å². The summed E-state index contributed by atoms with van der Waals surface area (Å²) in [5.74, 6) is 1.79. The van der Waals surface area contributed by atoms with Crippen molar-refractivity contribution < 1.29 is 4.42 Å². The van der Waals surface area contributed by atoms with E-state index in [1.807, 2.05) is 30.3 Å². The van der Waals surface area contributed by atoms with Crippen LogP contribution in [0.2, 0.25) is 0 Å². The van der Waals surface area contributed by atoms with Crippen LogP contribution in [0.15, 0.2) is 34.7 Å². The van der Waals surface area contributed by atoms with Gasteiger partial charge in [0.1, 0.15) is 0 Å². The highest BCUT2D eigenvalue weighted by Crippen LogP contribution is 2.29. The SMILES string of the molecule is CC(C)N1CCC(c2nnc(-c3ccccc3)o2)C1. The van der Waals surface area contributed by atoms with Crippen molar-refractivity contribution in [1.29, 1.82) is 0 Å². The predicted molar refractivity (Wildman–Crippen MR) is 73.8 cm³/mol. The van der Waals surface area contributed by atoms with Crippen molar-refractivity contribution in [2.75, 3.05) is 13.1 Å². The van der Waals surface area contributed by atoms with Crippen LogP contribution in [0.3, 0.4) is 0 Å². The summed E-state index contributed by atoms with van der Waals surface area (Å²) in [4.78, 5) is 2.46. The molecule has 100 valence electrons. The summed E-state index contributed by atoms with van der Waals surface area (Å²) in [5.41, 5.74) is 0.986. The summed E-state index contributed by atoms with van der Waals surface area (Å²) in [6.45, 7) is 6.59. The molecule has 0 N–H and O–H groups in total. The molecule has 0 spiro atoms. The first-order valence-corrected chi connectivity index (χ1v) is 6.87. The second-order valence-electron chi connectivity index (χ2n) is 5.39. The quantitative estimate of drug-likeness (QED) is 0.848. The largest absolute Gasteiger partial charge is 0.420 e. The monoisotopic (exact) mass is 257 g/mol. The molecule has 19 heavy (non-hydrogen) atoms. The van der Waals surface area contributed by atoms with Crippen LogP contribution in [0.25, 0.3) is 11.5 Å². The van der Waals surface area contributed by atoms with Gasteiger partial charge in [0.25, 0.3) is 0 Å². The van der Waals surface area contributed by atoms with Crippen LogP contribution in [0.5, 0.6) is 0 Å². The molecule has 1 fully saturated rings. The maximum absolute atomic E-state index is 5.83. The van der Waals surface area contributed by atoms with E-state index in [9.17, 15) is 0 Å². The summed E-state index contributed by atoms with van der Waals surface area (Å²) in [5, 5.41) is 8.39. The van der Waals surface area contributed by atoms with Crippen molar-refractivity contribution in [2.24, 2.45) is 0 Å². The standard InChI is InChI=1S/C15H19N3O/c1-11(2)18-9-8-13(10-18)15-17-16-14(19-15)12-6-4-3-5-7-12/h3-7,11,13H,8-10H2,1-2H3. The number of rotatable bonds is 3. The molecule has 4 nitrogen and oxygen atoms in total. The van der Waals surface area contributed by atoms with Gasteiger partial charge in [0.2, 0.25) is 11.8 Å². The first-order valence-electron chi connectivity index (χ1n) is 6.87. The minimum Gasteiger partial charge on any atom is -0.420 e. The zero-order chi connectivity index (χ0) is 13.2. The Balaban J connectivity index is 1.76. The van der Waals surface area contributed by atoms with Crippen LogP contribution in [0.4, 0.5) is 0 Å². The lowest BCUT2D eigenvalue weighted by atomic mass is 10.1. The normalized spacial score (nSPS) is 20.3. The highest BCUT2D eigenvalue weighted by Gasteiger charge is 2.29. The van der Waals surface area contributed by atoms with Gasteiger partial charge in [-0.2, -0.15) is 0 Å². The molecule has 0 amide bonds. The minimum atomic E-state index is 0.382. The fraction of sp³-hybridized carbons (Fsp3) is 0.467. The molecule has 4 heteroatoms. The molecule has 1 aliphatic heterocycles. The second-order valence-corrected chi connectivity index (χ2v) is 5.39. The Morgan fingerprint density at radius 1 is 1.21 bits per heavy atom. The van der Waals surface area contributed by atoms with Gasteiger partial charge in [0.05, 0.1) is 5.92 Å². The third-order valence-electron chi connectivity index (χ3n) is 3.76. The van der Waals surface area contributed by atoms with Crippen molar-refractivity contribution in [1.82, 2.24) is 15.1 Å². The van der Waals surface area contributed by atoms with Gasteiger partial charge in [-0.25, -0.2) is 0 Å². The molecule has 1 aromatic carbocycles. The maximum Gasteiger partial charge on any atom is 0.247 e. The number of hydrogen-bond acceptors (Lipinski definition) is 4. The Kier molecular flexibility index (Phi) is 3.34. The van der Waals surface area contributed by atoms with E-state index in [1.54, 1.807) is 0 Å². The zero-order valence-electron chi connectivity index (χ0n) is 11.4. The third kappa shape index (κ3) is 2.54. The summed E-state index contributed by atoms with van der Waals surface area (Å²) < 4.78 is 5.83. The molecular weight excluding hydrogens is 238 g/mol. The molecule has 0 radical (unpaired) electrons. The van der Waals surface area contributed by atoms with Gasteiger partial charge < -0.3 is 9.32 Å². The number of likely N-dealkylation sites (tertiary alicyclic amines) is 1. The average Bonchev–Trinajstić information content (AvgIpc) is 3.09. The van der Waals surface area contributed by atoms with Crippen LogP contribution in [-0.2, 0) is 0 Å². The van der Waals surface area contributed by atoms with Crippen LogP contribution < -0.4 is 0 Å². The van der Waals surface area contributed by atoms with E-state index in [-0.39, 0.29) is 0 Å². The first kappa shape index (κ1) is 12.4. The molecule has 0 aliphatic carbocycles. The van der Waals surface area contributed by atoms with E-state index in [1.165, 1.54) is 0 Å². The van der Waals surface area contributed by atoms with Gasteiger partial charge in [-0.15, -0.1) is 10.2 Å². The number of hydrogen-bond donors (Lipinski definition) is 0. The fourth-order valence-corrected chi connectivity index (χ4v) is 2.55. The molecule has 1 atom stereocenters. The van der Waals surface area contributed by atoms with E-state index >= 15 is 0 Å². The van der Waals surface area contributed by atoms with E-state index in [0.717, 1.165) is 31.0 Å². The third-order valence-corrected chi connectivity index (χ3v) is 3.76. The Morgan fingerprint density at radius 3 is 2.68 bits per heavy atom. The van der Waals surface area contributed by atoms with Crippen molar-refractivity contribution in [2.45, 2.75) is 32.2 Å². The van der Waals surface area contributed by atoms with Gasteiger partial charge in [-0.1, -0.05) is 18.2 Å². The summed E-state index contributed by atoms with van der Waals surface area (Å²) in [7, 11) is 0. The summed E-state index contributed by atoms with van der Waals surface area (Å²) >= 11 is 0. The number of aromatic nitrogens is 2. The Hall–Kier alpha value is -1.68. The molecule has 2 heterocycles. The molecule has 0 bridgehead atoms. The average molecular weight is 257 g/mol. The van der Waals surface area contributed by atoms with Gasteiger partial charge in [-0.3, -0.25) is 0 Å². The van der Waals surface area contributed by atoms with Crippen LogP contribution in [0.1, 0.15) is 32.1 Å². The van der Waals surface area contributed by atoms with Crippen molar-refractivity contribution in [3.8, 4) is 11.5 Å². The minimum absolute atomic E-state index is 0.382. The van der Waals surface area contributed by atoms with Crippen molar-refractivity contribution in [3.63, 3.8) is 0 Å². The first-order chi connectivity index (χ1) is 9.24. The Bertz CT molecular complexity index is 535. The van der Waals surface area contributed by atoms with E-state index < -0.39 is 0 Å². The lowest BCUT2D eigenvalue weighted by molar-refractivity contribution is 0.269. The maximum atomic E-state index is 5.83. The van der Waals surface area contributed by atoms with Crippen LogP contribution >= 0.6 is 0 Å². The molecule has 0 saturated carbocycles. The summed E-state index contributed by atoms with van der Waals surface area (Å²) in [6, 6.07) is 10.5. The molecule has 3 rings (SSSR count). The molecular formula is C15H19N3O. The molecule has 1 aromatic heterocycles. The summed E-state index contributed by atoms with van der Waals surface area (Å²) in [6.07, 6.45) is 1.11. The molecule has 1 unspecified atom stereocenters. The van der Waals surface area contributed by atoms with Crippen molar-refractivity contribution in [3.05, 3.63) is 36.2 Å². The number of benzene rings is 1. The lowest BCUT2D eigenvalue weighted by Crippen LogP contribution is -2.27.